The van der Waals surface area contributed by atoms with Crippen molar-refractivity contribution < 1.29 is 9.13 Å². The summed E-state index contributed by atoms with van der Waals surface area (Å²) in [5, 5.41) is 0. The van der Waals surface area contributed by atoms with Crippen LogP contribution in [0, 0.1) is 5.82 Å². The van der Waals surface area contributed by atoms with E-state index < -0.39 is 0 Å². The maximum atomic E-state index is 13.6. The molecule has 0 aliphatic heterocycles. The number of benzene rings is 1. The highest BCUT2D eigenvalue weighted by Crippen LogP contribution is 2.20. The van der Waals surface area contributed by atoms with Crippen molar-refractivity contribution in [2.45, 2.75) is 25.9 Å². The zero-order valence-electron chi connectivity index (χ0n) is 11.0. The summed E-state index contributed by atoms with van der Waals surface area (Å²) in [6, 6.07) is 4.82. The fourth-order valence-electron chi connectivity index (χ4n) is 1.17. The predicted octanol–water partition coefficient (Wildman–Crippen LogP) is 2.00. The molecule has 3 nitrogen and oxygen atoms in total. The molecular weight excluding hydrogens is 219 g/mol. The minimum atomic E-state index is -0.359. The summed E-state index contributed by atoms with van der Waals surface area (Å²) in [5.41, 5.74) is 6.06. The Morgan fingerprint density at radius 3 is 2.47 bits per heavy atom. The maximum Gasteiger partial charge on any atom is 0.165 e. The Hall–Kier alpha value is -1.13. The topological polar surface area (TPSA) is 38.5 Å². The van der Waals surface area contributed by atoms with Gasteiger partial charge in [0, 0.05) is 12.1 Å². The third kappa shape index (κ3) is 3.68. The van der Waals surface area contributed by atoms with Crippen molar-refractivity contribution in [1.82, 2.24) is 4.90 Å². The normalized spacial score (nSPS) is 11.9. The van der Waals surface area contributed by atoms with Gasteiger partial charge in [-0.05, 0) is 45.6 Å². The van der Waals surface area contributed by atoms with Crippen LogP contribution in [0.15, 0.2) is 18.2 Å². The second-order valence-electron chi connectivity index (χ2n) is 4.96. The smallest absolute Gasteiger partial charge is 0.165 e. The van der Waals surface area contributed by atoms with E-state index in [1.165, 1.54) is 6.07 Å². The first kappa shape index (κ1) is 13.9. The molecule has 2 N–H and O–H groups in total. The summed E-state index contributed by atoms with van der Waals surface area (Å²) in [4.78, 5) is 2.04. The van der Waals surface area contributed by atoms with E-state index in [2.05, 4.69) is 0 Å². The van der Waals surface area contributed by atoms with Gasteiger partial charge in [-0.3, -0.25) is 0 Å². The zero-order chi connectivity index (χ0) is 13.1. The van der Waals surface area contributed by atoms with Crippen molar-refractivity contribution in [3.05, 3.63) is 29.6 Å². The predicted molar refractivity (Wildman–Crippen MR) is 67.6 cm³/mol. The van der Waals surface area contributed by atoms with Gasteiger partial charge in [-0.15, -0.1) is 0 Å². The molecule has 0 fully saturated rings. The van der Waals surface area contributed by atoms with Gasteiger partial charge in [-0.25, -0.2) is 4.39 Å². The summed E-state index contributed by atoms with van der Waals surface area (Å²) in [6.07, 6.45) is 0. The van der Waals surface area contributed by atoms with Gasteiger partial charge in [0.05, 0.1) is 0 Å². The Kier molecular flexibility index (Phi) is 4.48. The average molecular weight is 240 g/mol. The van der Waals surface area contributed by atoms with E-state index in [9.17, 15) is 4.39 Å². The molecule has 0 saturated carbocycles. The van der Waals surface area contributed by atoms with Crippen LogP contribution >= 0.6 is 0 Å². The highest BCUT2D eigenvalue weighted by atomic mass is 19.1. The van der Waals surface area contributed by atoms with Crippen LogP contribution in [0.2, 0.25) is 0 Å². The summed E-state index contributed by atoms with van der Waals surface area (Å²) in [5.74, 6) is -0.0837. The molecule has 0 bridgehead atoms. The fraction of sp³-hybridized carbons (Fsp3) is 0.538. The first-order valence-corrected chi connectivity index (χ1v) is 5.65. The van der Waals surface area contributed by atoms with Crippen LogP contribution in [0.25, 0.3) is 0 Å². The fourth-order valence-corrected chi connectivity index (χ4v) is 1.17. The SMILES string of the molecule is CN(C)C(C)(C)COc1ccc(CN)cc1F. The molecule has 1 rings (SSSR count). The van der Waals surface area contributed by atoms with Crippen molar-refractivity contribution in [3.63, 3.8) is 0 Å². The van der Waals surface area contributed by atoms with Crippen molar-refractivity contribution in [2.75, 3.05) is 20.7 Å². The summed E-state index contributed by atoms with van der Waals surface area (Å²) < 4.78 is 19.1. The molecule has 0 atom stereocenters. The van der Waals surface area contributed by atoms with E-state index in [1.54, 1.807) is 12.1 Å². The molecular formula is C13H21FN2O. The van der Waals surface area contributed by atoms with Crippen LogP contribution in [-0.4, -0.2) is 31.1 Å². The Morgan fingerprint density at radius 1 is 1.35 bits per heavy atom. The number of nitrogens with zero attached hydrogens (tertiary/aromatic N) is 1. The third-order valence-electron chi connectivity index (χ3n) is 3.02. The molecule has 0 amide bonds. The van der Waals surface area contributed by atoms with Crippen molar-refractivity contribution in [2.24, 2.45) is 5.73 Å². The average Bonchev–Trinajstić information content (AvgIpc) is 2.27. The Balaban J connectivity index is 2.70. The first-order valence-electron chi connectivity index (χ1n) is 5.65. The lowest BCUT2D eigenvalue weighted by atomic mass is 10.1. The summed E-state index contributed by atoms with van der Waals surface area (Å²) >= 11 is 0. The van der Waals surface area contributed by atoms with Gasteiger partial charge >= 0.3 is 0 Å². The zero-order valence-corrected chi connectivity index (χ0v) is 11.0. The molecule has 0 aliphatic rings. The molecule has 0 radical (unpaired) electrons. The summed E-state index contributed by atoms with van der Waals surface area (Å²) in [7, 11) is 3.94. The molecule has 0 spiro atoms. The number of nitrogens with two attached hydrogens (primary N) is 1. The van der Waals surface area contributed by atoms with E-state index in [1.807, 2.05) is 32.8 Å². The van der Waals surface area contributed by atoms with Crippen LogP contribution in [0.4, 0.5) is 4.39 Å². The van der Waals surface area contributed by atoms with E-state index in [0.717, 1.165) is 5.56 Å². The quantitative estimate of drug-likeness (QED) is 0.855. The highest BCUT2D eigenvalue weighted by molar-refractivity contribution is 5.29. The second-order valence-corrected chi connectivity index (χ2v) is 4.96. The van der Waals surface area contributed by atoms with Gasteiger partial charge in [-0.2, -0.15) is 0 Å². The van der Waals surface area contributed by atoms with E-state index >= 15 is 0 Å². The van der Waals surface area contributed by atoms with Crippen molar-refractivity contribution in [3.8, 4) is 5.75 Å². The largest absolute Gasteiger partial charge is 0.489 e. The number of ether oxygens (including phenoxy) is 1. The molecule has 0 aromatic heterocycles. The molecule has 1 aromatic carbocycles. The Labute approximate surface area is 102 Å². The standard InChI is InChI=1S/C13H21FN2O/c1-13(2,16(3)4)9-17-12-6-5-10(8-15)7-11(12)14/h5-7H,8-9,15H2,1-4H3. The van der Waals surface area contributed by atoms with Gasteiger partial charge < -0.3 is 15.4 Å². The van der Waals surface area contributed by atoms with E-state index in [-0.39, 0.29) is 17.1 Å². The molecule has 96 valence electrons. The number of hydrogen-bond acceptors (Lipinski definition) is 3. The minimum Gasteiger partial charge on any atom is -0.489 e. The Bertz CT molecular complexity index is 378. The Morgan fingerprint density at radius 2 is 2.00 bits per heavy atom. The van der Waals surface area contributed by atoms with Crippen LogP contribution < -0.4 is 10.5 Å². The third-order valence-corrected chi connectivity index (χ3v) is 3.02. The van der Waals surface area contributed by atoms with Crippen LogP contribution in [-0.2, 0) is 6.54 Å². The van der Waals surface area contributed by atoms with Gasteiger partial charge in [0.2, 0.25) is 0 Å². The molecule has 0 saturated heterocycles. The first-order chi connectivity index (χ1) is 7.86. The molecule has 17 heavy (non-hydrogen) atoms. The molecule has 0 unspecified atom stereocenters. The molecule has 0 aliphatic carbocycles. The maximum absolute atomic E-state index is 13.6. The lowest BCUT2D eigenvalue weighted by Gasteiger charge is -2.32. The lowest BCUT2D eigenvalue weighted by molar-refractivity contribution is 0.111. The number of likely N-dealkylation sites (N-methyl/N-ethyl adjacent to an activating group) is 1. The van der Waals surface area contributed by atoms with Crippen LogP contribution in [0.5, 0.6) is 5.75 Å². The summed E-state index contributed by atoms with van der Waals surface area (Å²) in [6.45, 7) is 4.84. The monoisotopic (exact) mass is 240 g/mol. The van der Waals surface area contributed by atoms with E-state index in [0.29, 0.717) is 13.2 Å². The number of rotatable bonds is 5. The lowest BCUT2D eigenvalue weighted by Crippen LogP contribution is -2.43. The van der Waals surface area contributed by atoms with E-state index in [4.69, 9.17) is 10.5 Å². The highest BCUT2D eigenvalue weighted by Gasteiger charge is 2.21. The number of hydrogen-bond donors (Lipinski definition) is 1. The second kappa shape index (κ2) is 5.47. The van der Waals surface area contributed by atoms with Crippen LogP contribution in [0.3, 0.4) is 0 Å². The molecule has 4 heteroatoms. The minimum absolute atomic E-state index is 0.140. The van der Waals surface area contributed by atoms with Crippen molar-refractivity contribution in [1.29, 1.82) is 0 Å². The van der Waals surface area contributed by atoms with Gasteiger partial charge in [0.15, 0.2) is 11.6 Å². The molecule has 0 heterocycles. The number of halogens is 1. The van der Waals surface area contributed by atoms with Gasteiger partial charge in [0.1, 0.15) is 6.61 Å². The van der Waals surface area contributed by atoms with Gasteiger partial charge in [-0.1, -0.05) is 6.07 Å². The van der Waals surface area contributed by atoms with Crippen LogP contribution in [0.1, 0.15) is 19.4 Å². The molecule has 1 aromatic rings. The van der Waals surface area contributed by atoms with Crippen molar-refractivity contribution >= 4 is 0 Å². The van der Waals surface area contributed by atoms with Gasteiger partial charge in [0.25, 0.3) is 0 Å².